The first-order chi connectivity index (χ1) is 9.76. The summed E-state index contributed by atoms with van der Waals surface area (Å²) in [7, 11) is 0. The second-order valence-electron chi connectivity index (χ2n) is 5.58. The highest BCUT2D eigenvalue weighted by atomic mass is 15.2. The summed E-state index contributed by atoms with van der Waals surface area (Å²) in [4.78, 5) is 4.57. The molecular formula is C17H21N3. The molecule has 1 aliphatic rings. The number of pyridine rings is 1. The number of fused-ring (bicyclic) bond motifs is 1. The van der Waals surface area contributed by atoms with Crippen molar-refractivity contribution in [2.45, 2.75) is 38.6 Å². The van der Waals surface area contributed by atoms with E-state index >= 15 is 0 Å². The molecule has 3 rings (SSSR count). The van der Waals surface area contributed by atoms with Crippen molar-refractivity contribution in [2.75, 3.05) is 0 Å². The Hall–Kier alpha value is -1.71. The van der Waals surface area contributed by atoms with E-state index in [2.05, 4.69) is 28.6 Å². The van der Waals surface area contributed by atoms with E-state index in [1.165, 1.54) is 36.0 Å². The smallest absolute Gasteiger partial charge is 0.0672 e. The van der Waals surface area contributed by atoms with Gasteiger partial charge in [0.25, 0.3) is 0 Å². The highest BCUT2D eigenvalue weighted by Gasteiger charge is 2.15. The van der Waals surface area contributed by atoms with Crippen LogP contribution in [0.2, 0.25) is 0 Å². The van der Waals surface area contributed by atoms with Gasteiger partial charge in [0, 0.05) is 5.69 Å². The van der Waals surface area contributed by atoms with Crippen molar-refractivity contribution >= 4 is 0 Å². The van der Waals surface area contributed by atoms with Gasteiger partial charge in [0.2, 0.25) is 0 Å². The monoisotopic (exact) mass is 267 g/mol. The molecule has 1 aromatic heterocycles. The van der Waals surface area contributed by atoms with Crippen LogP contribution in [0.1, 0.15) is 40.5 Å². The van der Waals surface area contributed by atoms with Gasteiger partial charge < -0.3 is 0 Å². The molecule has 0 spiro atoms. The standard InChI is InChI=1S/C17H21N3/c1-12-4-2-7-16(19-12)17(20-18)11-13-8-9-14-5-3-6-15(14)10-13/h2,4,7-10,17,20H,3,5-6,11,18H2,1H3. The van der Waals surface area contributed by atoms with Gasteiger partial charge >= 0.3 is 0 Å². The average molecular weight is 267 g/mol. The number of nitrogens with two attached hydrogens (primary N) is 1. The summed E-state index contributed by atoms with van der Waals surface area (Å²) in [5, 5.41) is 0. The van der Waals surface area contributed by atoms with Crippen LogP contribution in [0.15, 0.2) is 36.4 Å². The third kappa shape index (κ3) is 2.74. The van der Waals surface area contributed by atoms with Crippen molar-refractivity contribution < 1.29 is 0 Å². The zero-order chi connectivity index (χ0) is 13.9. The molecular weight excluding hydrogens is 246 g/mol. The highest BCUT2D eigenvalue weighted by Crippen LogP contribution is 2.25. The van der Waals surface area contributed by atoms with E-state index in [1.807, 2.05) is 25.1 Å². The summed E-state index contributed by atoms with van der Waals surface area (Å²) in [5.74, 6) is 5.73. The normalized spacial score (nSPS) is 15.1. The molecule has 1 unspecified atom stereocenters. The number of aromatic nitrogens is 1. The van der Waals surface area contributed by atoms with E-state index in [-0.39, 0.29) is 6.04 Å². The molecule has 2 aromatic rings. The average Bonchev–Trinajstić information content (AvgIpc) is 2.92. The minimum atomic E-state index is 0.0642. The molecule has 1 aromatic carbocycles. The maximum absolute atomic E-state index is 5.73. The predicted molar refractivity (Wildman–Crippen MR) is 81.2 cm³/mol. The third-order valence-electron chi connectivity index (χ3n) is 4.07. The van der Waals surface area contributed by atoms with Crippen molar-refractivity contribution in [3.8, 4) is 0 Å². The molecule has 3 N–H and O–H groups in total. The molecule has 0 saturated carbocycles. The molecule has 1 aliphatic carbocycles. The topological polar surface area (TPSA) is 50.9 Å². The maximum atomic E-state index is 5.73. The van der Waals surface area contributed by atoms with Gasteiger partial charge in [-0.3, -0.25) is 16.3 Å². The number of aryl methyl sites for hydroxylation is 3. The van der Waals surface area contributed by atoms with Crippen LogP contribution in [-0.2, 0) is 19.3 Å². The van der Waals surface area contributed by atoms with Gasteiger partial charge in [-0.1, -0.05) is 24.3 Å². The molecule has 0 bridgehead atoms. The molecule has 0 saturated heterocycles. The second-order valence-corrected chi connectivity index (χ2v) is 5.58. The molecule has 0 fully saturated rings. The van der Waals surface area contributed by atoms with Gasteiger partial charge in [-0.25, -0.2) is 0 Å². The summed E-state index contributed by atoms with van der Waals surface area (Å²) in [6.45, 7) is 2.01. The number of hydrazine groups is 1. The fourth-order valence-electron chi connectivity index (χ4n) is 2.99. The quantitative estimate of drug-likeness (QED) is 0.661. The Kier molecular flexibility index (Phi) is 3.81. The number of nitrogens with one attached hydrogen (secondary N) is 1. The Labute approximate surface area is 120 Å². The van der Waals surface area contributed by atoms with Gasteiger partial charge in [-0.05, 0) is 61.4 Å². The van der Waals surface area contributed by atoms with E-state index in [0.717, 1.165) is 17.8 Å². The summed E-state index contributed by atoms with van der Waals surface area (Å²) in [6, 6.07) is 13.0. The Morgan fingerprint density at radius 2 is 2.05 bits per heavy atom. The number of nitrogens with zero attached hydrogens (tertiary/aromatic N) is 1. The van der Waals surface area contributed by atoms with Crippen LogP contribution in [0.3, 0.4) is 0 Å². The lowest BCUT2D eigenvalue weighted by Gasteiger charge is -2.16. The number of benzene rings is 1. The van der Waals surface area contributed by atoms with Gasteiger partial charge in [0.15, 0.2) is 0 Å². The highest BCUT2D eigenvalue weighted by molar-refractivity contribution is 5.36. The van der Waals surface area contributed by atoms with Crippen molar-refractivity contribution in [3.63, 3.8) is 0 Å². The van der Waals surface area contributed by atoms with E-state index < -0.39 is 0 Å². The maximum Gasteiger partial charge on any atom is 0.0672 e. The molecule has 1 heterocycles. The lowest BCUT2D eigenvalue weighted by molar-refractivity contribution is 0.537. The van der Waals surface area contributed by atoms with Crippen molar-refractivity contribution in [1.82, 2.24) is 10.4 Å². The van der Waals surface area contributed by atoms with Crippen LogP contribution < -0.4 is 11.3 Å². The van der Waals surface area contributed by atoms with E-state index in [0.29, 0.717) is 0 Å². The van der Waals surface area contributed by atoms with Crippen LogP contribution in [0.4, 0.5) is 0 Å². The summed E-state index contributed by atoms with van der Waals surface area (Å²) >= 11 is 0. The molecule has 0 amide bonds. The zero-order valence-electron chi connectivity index (χ0n) is 11.9. The van der Waals surface area contributed by atoms with E-state index in [1.54, 1.807) is 0 Å². The SMILES string of the molecule is Cc1cccc(C(Cc2ccc3c(c2)CCC3)NN)n1. The summed E-state index contributed by atoms with van der Waals surface area (Å²) < 4.78 is 0. The van der Waals surface area contributed by atoms with E-state index in [4.69, 9.17) is 5.84 Å². The van der Waals surface area contributed by atoms with Crippen LogP contribution in [-0.4, -0.2) is 4.98 Å². The first-order valence-corrected chi connectivity index (χ1v) is 7.26. The Bertz CT molecular complexity index is 607. The fraction of sp³-hybridized carbons (Fsp3) is 0.353. The van der Waals surface area contributed by atoms with Crippen molar-refractivity contribution in [1.29, 1.82) is 0 Å². The third-order valence-corrected chi connectivity index (χ3v) is 4.07. The van der Waals surface area contributed by atoms with Crippen molar-refractivity contribution in [2.24, 2.45) is 5.84 Å². The van der Waals surface area contributed by atoms with Crippen LogP contribution in [0.25, 0.3) is 0 Å². The molecule has 104 valence electrons. The fourth-order valence-corrected chi connectivity index (χ4v) is 2.99. The van der Waals surface area contributed by atoms with Gasteiger partial charge in [0.05, 0.1) is 11.7 Å². The van der Waals surface area contributed by atoms with Gasteiger partial charge in [-0.15, -0.1) is 0 Å². The largest absolute Gasteiger partial charge is 0.271 e. The molecule has 0 radical (unpaired) electrons. The number of hydrogen-bond donors (Lipinski definition) is 2. The van der Waals surface area contributed by atoms with Crippen LogP contribution >= 0.6 is 0 Å². The minimum Gasteiger partial charge on any atom is -0.271 e. The Balaban J connectivity index is 1.81. The number of hydrogen-bond acceptors (Lipinski definition) is 3. The molecule has 20 heavy (non-hydrogen) atoms. The zero-order valence-corrected chi connectivity index (χ0v) is 11.9. The first-order valence-electron chi connectivity index (χ1n) is 7.26. The van der Waals surface area contributed by atoms with Gasteiger partial charge in [0.1, 0.15) is 0 Å². The number of rotatable bonds is 4. The Morgan fingerprint density at radius 1 is 1.20 bits per heavy atom. The first kappa shape index (κ1) is 13.3. The van der Waals surface area contributed by atoms with Gasteiger partial charge in [-0.2, -0.15) is 0 Å². The summed E-state index contributed by atoms with van der Waals surface area (Å²) in [5.41, 5.74) is 9.29. The van der Waals surface area contributed by atoms with E-state index in [9.17, 15) is 0 Å². The second kappa shape index (κ2) is 5.73. The van der Waals surface area contributed by atoms with Crippen LogP contribution in [0.5, 0.6) is 0 Å². The van der Waals surface area contributed by atoms with Crippen LogP contribution in [0, 0.1) is 6.92 Å². The Morgan fingerprint density at radius 3 is 2.85 bits per heavy atom. The molecule has 3 nitrogen and oxygen atoms in total. The lowest BCUT2D eigenvalue weighted by atomic mass is 9.99. The van der Waals surface area contributed by atoms with Crippen molar-refractivity contribution in [3.05, 3.63) is 64.5 Å². The lowest BCUT2D eigenvalue weighted by Crippen LogP contribution is -2.30. The predicted octanol–water partition coefficient (Wildman–Crippen LogP) is 2.63. The molecule has 1 atom stereocenters. The molecule has 0 aliphatic heterocycles. The minimum absolute atomic E-state index is 0.0642. The summed E-state index contributed by atoms with van der Waals surface area (Å²) in [6.07, 6.45) is 4.61. The molecule has 3 heteroatoms.